The van der Waals surface area contributed by atoms with Crippen LogP contribution in [-0.4, -0.2) is 52.9 Å². The summed E-state index contributed by atoms with van der Waals surface area (Å²) in [5.41, 5.74) is 1.92. The molecular weight excluding hydrogens is 460 g/mol. The fourth-order valence-electron chi connectivity index (χ4n) is 4.75. The van der Waals surface area contributed by atoms with Crippen LogP contribution in [0, 0.1) is 0 Å². The summed E-state index contributed by atoms with van der Waals surface area (Å²) < 4.78 is 51.4. The molecule has 1 heterocycles. The summed E-state index contributed by atoms with van der Waals surface area (Å²) in [6, 6.07) is 11.0. The van der Waals surface area contributed by atoms with Crippen LogP contribution >= 0.6 is 0 Å². The smallest absolute Gasteiger partial charge is 0.258 e. The second-order valence-electron chi connectivity index (χ2n) is 8.96. The number of carbonyl (C=O) groups is 1. The molecule has 2 aromatic rings. The average Bonchev–Trinajstić information content (AvgIpc) is 2.82. The van der Waals surface area contributed by atoms with Crippen molar-refractivity contribution < 1.29 is 21.6 Å². The number of nitrogens with zero attached hydrogens (tertiary/aromatic N) is 2. The Morgan fingerprint density at radius 1 is 0.909 bits per heavy atom. The summed E-state index contributed by atoms with van der Waals surface area (Å²) in [5.74, 6) is -0.229. The van der Waals surface area contributed by atoms with Crippen molar-refractivity contribution in [2.24, 2.45) is 0 Å². The molecule has 9 heteroatoms. The van der Waals surface area contributed by atoms with Gasteiger partial charge in [0.25, 0.3) is 5.91 Å². The van der Waals surface area contributed by atoms with Crippen LogP contribution in [0.2, 0.25) is 0 Å². The van der Waals surface area contributed by atoms with Crippen molar-refractivity contribution in [3.8, 4) is 0 Å². The number of aryl methyl sites for hydroxylation is 1. The predicted octanol–water partition coefficient (Wildman–Crippen LogP) is 3.64. The first kappa shape index (κ1) is 23.9. The van der Waals surface area contributed by atoms with Gasteiger partial charge in [0.1, 0.15) is 0 Å². The number of amides is 1. The molecule has 1 aliphatic heterocycles. The van der Waals surface area contributed by atoms with E-state index in [1.54, 1.807) is 36.2 Å². The molecule has 1 saturated carbocycles. The predicted molar refractivity (Wildman–Crippen MR) is 128 cm³/mol. The maximum Gasteiger partial charge on any atom is 0.258 e. The third-order valence-electron chi connectivity index (χ3n) is 6.71. The lowest BCUT2D eigenvalue weighted by molar-refractivity contribution is 0.0985. The van der Waals surface area contributed by atoms with E-state index < -0.39 is 19.9 Å². The fourth-order valence-corrected chi connectivity index (χ4v) is 6.84. The Kier molecular flexibility index (Phi) is 6.66. The molecule has 0 radical (unpaired) electrons. The summed E-state index contributed by atoms with van der Waals surface area (Å²) >= 11 is 0. The number of benzene rings is 2. The number of hydrogen-bond acceptors (Lipinski definition) is 5. The Labute approximate surface area is 196 Å². The summed E-state index contributed by atoms with van der Waals surface area (Å²) in [6.07, 6.45) is 7.58. The number of carbonyl (C=O) groups excluding carboxylic acids is 1. The Balaban J connectivity index is 1.56. The monoisotopic (exact) mass is 490 g/mol. The molecule has 1 aliphatic carbocycles. The van der Waals surface area contributed by atoms with Gasteiger partial charge in [-0.3, -0.25) is 4.79 Å². The molecule has 178 valence electrons. The van der Waals surface area contributed by atoms with Crippen molar-refractivity contribution in [1.82, 2.24) is 4.31 Å². The molecule has 1 fully saturated rings. The summed E-state index contributed by atoms with van der Waals surface area (Å²) in [5, 5.41) is 0. The van der Waals surface area contributed by atoms with Gasteiger partial charge in [0.05, 0.1) is 9.79 Å². The van der Waals surface area contributed by atoms with E-state index in [0.717, 1.165) is 44.1 Å². The molecule has 0 bridgehead atoms. The van der Waals surface area contributed by atoms with Crippen LogP contribution in [0.3, 0.4) is 0 Å². The van der Waals surface area contributed by atoms with Gasteiger partial charge < -0.3 is 4.90 Å². The van der Waals surface area contributed by atoms with E-state index >= 15 is 0 Å². The number of fused-ring (bicyclic) bond motifs is 1. The second kappa shape index (κ2) is 9.19. The Morgan fingerprint density at radius 2 is 1.55 bits per heavy atom. The first-order chi connectivity index (χ1) is 15.6. The summed E-state index contributed by atoms with van der Waals surface area (Å²) in [7, 11) is -5.31. The molecular formula is C24H30N2O5S2. The van der Waals surface area contributed by atoms with Crippen molar-refractivity contribution in [2.75, 3.05) is 24.7 Å². The molecule has 2 aliphatic rings. The maximum absolute atomic E-state index is 13.2. The van der Waals surface area contributed by atoms with Crippen LogP contribution in [-0.2, 0) is 26.3 Å². The SMILES string of the molecule is CN(C1CCCCC1)S(=O)(=O)c1ccc(C(=O)N2CCCc3cc(S(C)(=O)=O)ccc32)cc1. The van der Waals surface area contributed by atoms with Gasteiger partial charge in [-0.25, -0.2) is 16.8 Å². The largest absolute Gasteiger partial charge is 0.308 e. The number of hydrogen-bond donors (Lipinski definition) is 0. The number of anilines is 1. The van der Waals surface area contributed by atoms with E-state index in [1.807, 2.05) is 0 Å². The average molecular weight is 491 g/mol. The highest BCUT2D eigenvalue weighted by molar-refractivity contribution is 7.90. The van der Waals surface area contributed by atoms with Crippen molar-refractivity contribution in [2.45, 2.75) is 60.8 Å². The molecule has 0 spiro atoms. The Morgan fingerprint density at radius 3 is 2.18 bits per heavy atom. The van der Waals surface area contributed by atoms with E-state index in [2.05, 4.69) is 0 Å². The van der Waals surface area contributed by atoms with E-state index in [4.69, 9.17) is 0 Å². The molecule has 0 aromatic heterocycles. The second-order valence-corrected chi connectivity index (χ2v) is 13.0. The highest BCUT2D eigenvalue weighted by Crippen LogP contribution is 2.31. The van der Waals surface area contributed by atoms with E-state index in [0.29, 0.717) is 24.2 Å². The quantitative estimate of drug-likeness (QED) is 0.638. The van der Waals surface area contributed by atoms with Crippen LogP contribution in [0.4, 0.5) is 5.69 Å². The minimum Gasteiger partial charge on any atom is -0.308 e. The van der Waals surface area contributed by atoms with Gasteiger partial charge >= 0.3 is 0 Å². The zero-order valence-electron chi connectivity index (χ0n) is 19.0. The van der Waals surface area contributed by atoms with E-state index in [1.165, 1.54) is 28.8 Å². The lowest BCUT2D eigenvalue weighted by Gasteiger charge is -2.31. The van der Waals surface area contributed by atoms with Crippen molar-refractivity contribution in [3.05, 3.63) is 53.6 Å². The van der Waals surface area contributed by atoms with Crippen LogP contribution in [0.1, 0.15) is 54.4 Å². The van der Waals surface area contributed by atoms with Crippen LogP contribution in [0.15, 0.2) is 52.3 Å². The van der Waals surface area contributed by atoms with Crippen molar-refractivity contribution >= 4 is 31.5 Å². The van der Waals surface area contributed by atoms with Gasteiger partial charge in [-0.15, -0.1) is 0 Å². The van der Waals surface area contributed by atoms with Gasteiger partial charge in [-0.05, 0) is 73.7 Å². The Hall–Kier alpha value is -2.23. The highest BCUT2D eigenvalue weighted by atomic mass is 32.2. The minimum absolute atomic E-state index is 0.0201. The molecule has 0 N–H and O–H groups in total. The molecule has 4 rings (SSSR count). The lowest BCUT2D eigenvalue weighted by Crippen LogP contribution is -2.38. The molecule has 0 atom stereocenters. The zero-order chi connectivity index (χ0) is 23.8. The van der Waals surface area contributed by atoms with Gasteiger partial charge in [0.2, 0.25) is 10.0 Å². The van der Waals surface area contributed by atoms with Crippen LogP contribution < -0.4 is 4.90 Å². The molecule has 1 amide bonds. The van der Waals surface area contributed by atoms with Gasteiger partial charge in [0.15, 0.2) is 9.84 Å². The van der Waals surface area contributed by atoms with Crippen LogP contribution in [0.5, 0.6) is 0 Å². The first-order valence-corrected chi connectivity index (χ1v) is 14.6. The Bertz CT molecular complexity index is 1250. The third-order valence-corrected chi connectivity index (χ3v) is 9.74. The number of sulfone groups is 1. The summed E-state index contributed by atoms with van der Waals surface area (Å²) in [6.45, 7) is 0.522. The molecule has 7 nitrogen and oxygen atoms in total. The van der Waals surface area contributed by atoms with Crippen molar-refractivity contribution in [1.29, 1.82) is 0 Å². The standard InChI is InChI=1S/C24H30N2O5S2/c1-25(20-8-4-3-5-9-20)33(30,31)21-12-10-18(11-13-21)24(27)26-16-6-7-19-17-22(32(2,28)29)14-15-23(19)26/h10-15,17,20H,3-9,16H2,1-2H3. The molecule has 2 aromatic carbocycles. The highest BCUT2D eigenvalue weighted by Gasteiger charge is 2.30. The number of rotatable bonds is 5. The molecule has 33 heavy (non-hydrogen) atoms. The van der Waals surface area contributed by atoms with Crippen molar-refractivity contribution in [3.63, 3.8) is 0 Å². The van der Waals surface area contributed by atoms with Gasteiger partial charge in [0, 0.05) is 37.1 Å². The van der Waals surface area contributed by atoms with Gasteiger partial charge in [-0.2, -0.15) is 4.31 Å². The van der Waals surface area contributed by atoms with Crippen LogP contribution in [0.25, 0.3) is 0 Å². The zero-order valence-corrected chi connectivity index (χ0v) is 20.7. The lowest BCUT2D eigenvalue weighted by atomic mass is 9.96. The third kappa shape index (κ3) is 4.85. The maximum atomic E-state index is 13.2. The van der Waals surface area contributed by atoms with E-state index in [-0.39, 0.29) is 21.7 Å². The summed E-state index contributed by atoms with van der Waals surface area (Å²) in [4.78, 5) is 15.3. The molecule has 0 unspecified atom stereocenters. The first-order valence-electron chi connectivity index (χ1n) is 11.3. The topological polar surface area (TPSA) is 91.8 Å². The van der Waals surface area contributed by atoms with E-state index in [9.17, 15) is 21.6 Å². The fraction of sp³-hybridized carbons (Fsp3) is 0.458. The van der Waals surface area contributed by atoms with Gasteiger partial charge in [-0.1, -0.05) is 19.3 Å². The number of sulfonamides is 1. The molecule has 0 saturated heterocycles. The minimum atomic E-state index is -3.62. The normalized spacial score (nSPS) is 17.7.